The molecule has 2 heterocycles. The smallest absolute Gasteiger partial charge is 0.270 e. The zero-order valence-electron chi connectivity index (χ0n) is 18.7. The Morgan fingerprint density at radius 3 is 1.81 bits per heavy atom. The Morgan fingerprint density at radius 1 is 0.833 bits per heavy atom. The molecule has 1 fully saturated rings. The van der Waals surface area contributed by atoms with Crippen LogP contribution in [0.2, 0.25) is 0 Å². The summed E-state index contributed by atoms with van der Waals surface area (Å²) in [6.45, 7) is 2.20. The van der Waals surface area contributed by atoms with Crippen LogP contribution in [0, 0.1) is 20.2 Å². The van der Waals surface area contributed by atoms with E-state index in [1.165, 1.54) is 36.7 Å². The van der Waals surface area contributed by atoms with E-state index in [0.29, 0.717) is 43.4 Å². The number of morpholine rings is 1. The van der Waals surface area contributed by atoms with Gasteiger partial charge >= 0.3 is 0 Å². The van der Waals surface area contributed by atoms with Crippen LogP contribution in [0.15, 0.2) is 58.7 Å². The first kappa shape index (κ1) is 24.1. The number of hydrogen-bond donors (Lipinski definition) is 2. The van der Waals surface area contributed by atoms with Crippen molar-refractivity contribution < 1.29 is 14.6 Å². The average Bonchev–Trinajstić information content (AvgIpc) is 2.89. The van der Waals surface area contributed by atoms with Gasteiger partial charge in [-0.05, 0) is 0 Å². The molecule has 15 heteroatoms. The second-order valence-corrected chi connectivity index (χ2v) is 7.33. The van der Waals surface area contributed by atoms with Gasteiger partial charge in [0, 0.05) is 48.5 Å². The average molecular weight is 492 g/mol. The van der Waals surface area contributed by atoms with E-state index in [0.717, 1.165) is 0 Å². The highest BCUT2D eigenvalue weighted by atomic mass is 16.6. The number of anilines is 3. The molecule has 0 amide bonds. The van der Waals surface area contributed by atoms with E-state index in [1.54, 1.807) is 24.3 Å². The number of non-ortho nitro benzene ring substituents is 2. The molecule has 0 spiro atoms. The van der Waals surface area contributed by atoms with E-state index >= 15 is 0 Å². The molecule has 36 heavy (non-hydrogen) atoms. The highest BCUT2D eigenvalue weighted by molar-refractivity contribution is 5.81. The van der Waals surface area contributed by atoms with Crippen LogP contribution in [0.5, 0.6) is 0 Å². The van der Waals surface area contributed by atoms with E-state index in [4.69, 9.17) is 4.74 Å². The zero-order chi connectivity index (χ0) is 25.3. The lowest BCUT2D eigenvalue weighted by atomic mass is 10.2. The summed E-state index contributed by atoms with van der Waals surface area (Å²) >= 11 is 0. The SMILES string of the molecule is O=[N+]([O-])c1cccc(/C=N/Nc2nc(N/N=C/c3cccc([N+](=O)[O-])c3)nc(N3CCOCC3)n2)c1. The van der Waals surface area contributed by atoms with Crippen LogP contribution < -0.4 is 15.8 Å². The van der Waals surface area contributed by atoms with Gasteiger partial charge in [0.05, 0.1) is 35.5 Å². The molecule has 184 valence electrons. The normalized spacial score (nSPS) is 13.7. The Morgan fingerprint density at radius 2 is 1.33 bits per heavy atom. The molecular weight excluding hydrogens is 472 g/mol. The Bertz CT molecular complexity index is 1220. The minimum atomic E-state index is -0.489. The minimum Gasteiger partial charge on any atom is -0.378 e. The first-order valence-electron chi connectivity index (χ1n) is 10.6. The molecule has 0 saturated carbocycles. The van der Waals surface area contributed by atoms with E-state index in [9.17, 15) is 20.2 Å². The number of ether oxygens (including phenoxy) is 1. The van der Waals surface area contributed by atoms with Crippen LogP contribution in [0.4, 0.5) is 29.2 Å². The van der Waals surface area contributed by atoms with Crippen LogP contribution >= 0.6 is 0 Å². The van der Waals surface area contributed by atoms with Gasteiger partial charge in [-0.1, -0.05) is 24.3 Å². The van der Waals surface area contributed by atoms with Gasteiger partial charge in [0.1, 0.15) is 0 Å². The molecule has 0 aliphatic carbocycles. The molecular formula is C21H20N10O5. The third-order valence-electron chi connectivity index (χ3n) is 4.84. The summed E-state index contributed by atoms with van der Waals surface area (Å²) in [6, 6.07) is 12.0. The van der Waals surface area contributed by atoms with Crippen LogP contribution in [0.25, 0.3) is 0 Å². The molecule has 0 unspecified atom stereocenters. The summed E-state index contributed by atoms with van der Waals surface area (Å²) in [7, 11) is 0. The van der Waals surface area contributed by atoms with Gasteiger partial charge in [0.15, 0.2) is 0 Å². The number of nitrogens with one attached hydrogen (secondary N) is 2. The number of nitro benzene ring substituents is 2. The molecule has 3 aromatic rings. The summed E-state index contributed by atoms with van der Waals surface area (Å²) in [4.78, 5) is 35.8. The van der Waals surface area contributed by atoms with Crippen molar-refractivity contribution in [3.05, 3.63) is 79.9 Å². The first-order chi connectivity index (χ1) is 17.5. The molecule has 0 radical (unpaired) electrons. The Hall–Kier alpha value is -5.05. The number of hydrazone groups is 2. The van der Waals surface area contributed by atoms with Crippen molar-refractivity contribution in [2.45, 2.75) is 0 Å². The van der Waals surface area contributed by atoms with Crippen molar-refractivity contribution in [2.24, 2.45) is 10.2 Å². The van der Waals surface area contributed by atoms with Gasteiger partial charge in [0.2, 0.25) is 17.8 Å². The Labute approximate surface area is 203 Å². The van der Waals surface area contributed by atoms with E-state index in [1.807, 2.05) is 4.90 Å². The zero-order valence-corrected chi connectivity index (χ0v) is 18.7. The summed E-state index contributed by atoms with van der Waals surface area (Å²) in [5.41, 5.74) is 6.32. The third-order valence-corrected chi connectivity index (χ3v) is 4.84. The Balaban J connectivity index is 1.52. The summed E-state index contributed by atoms with van der Waals surface area (Å²) < 4.78 is 5.38. The summed E-state index contributed by atoms with van der Waals surface area (Å²) in [5.74, 6) is 0.594. The molecule has 1 aromatic heterocycles. The van der Waals surface area contributed by atoms with E-state index in [2.05, 4.69) is 36.0 Å². The Kier molecular flexibility index (Phi) is 7.62. The quantitative estimate of drug-likeness (QED) is 0.254. The molecule has 2 aromatic carbocycles. The number of benzene rings is 2. The van der Waals surface area contributed by atoms with Crippen LogP contribution in [0.1, 0.15) is 11.1 Å². The van der Waals surface area contributed by atoms with Crippen LogP contribution in [-0.4, -0.2) is 63.5 Å². The number of rotatable bonds is 9. The van der Waals surface area contributed by atoms with Crippen molar-refractivity contribution in [1.29, 1.82) is 0 Å². The molecule has 1 aliphatic rings. The predicted octanol–water partition coefficient (Wildman–Crippen LogP) is 2.42. The fraction of sp³-hybridized carbons (Fsp3) is 0.190. The van der Waals surface area contributed by atoms with E-state index < -0.39 is 9.85 Å². The van der Waals surface area contributed by atoms with Gasteiger partial charge in [-0.15, -0.1) is 0 Å². The lowest BCUT2D eigenvalue weighted by molar-refractivity contribution is -0.385. The molecule has 15 nitrogen and oxygen atoms in total. The number of nitro groups is 2. The monoisotopic (exact) mass is 492 g/mol. The standard InChI is InChI=1S/C21H20N10O5/c32-30(33)17-5-1-3-15(11-17)13-22-27-19-24-20(26-21(25-19)29-7-9-36-10-8-29)28-23-14-16-4-2-6-18(12-16)31(34)35/h1-6,11-14H,7-10H2,(H2,24,25,26,27,28)/b22-13+,23-14+. The maximum absolute atomic E-state index is 11.0. The second-order valence-electron chi connectivity index (χ2n) is 7.33. The van der Waals surface area contributed by atoms with Crippen molar-refractivity contribution in [3.63, 3.8) is 0 Å². The maximum atomic E-state index is 11.0. The summed E-state index contributed by atoms with van der Waals surface area (Å²) in [5, 5.41) is 30.0. The molecule has 0 atom stereocenters. The fourth-order valence-electron chi connectivity index (χ4n) is 3.14. The topological polar surface area (TPSA) is 186 Å². The minimum absolute atomic E-state index is 0.0539. The molecule has 1 aliphatic heterocycles. The molecule has 0 bridgehead atoms. The van der Waals surface area contributed by atoms with Gasteiger partial charge in [-0.25, -0.2) is 10.9 Å². The van der Waals surface area contributed by atoms with Crippen molar-refractivity contribution >= 4 is 41.6 Å². The van der Waals surface area contributed by atoms with Gasteiger partial charge in [-0.3, -0.25) is 20.2 Å². The van der Waals surface area contributed by atoms with E-state index in [-0.39, 0.29) is 23.3 Å². The largest absolute Gasteiger partial charge is 0.378 e. The number of nitrogens with zero attached hydrogens (tertiary/aromatic N) is 8. The lowest BCUT2D eigenvalue weighted by Gasteiger charge is -2.26. The fourth-order valence-corrected chi connectivity index (χ4v) is 3.14. The third kappa shape index (κ3) is 6.51. The van der Waals surface area contributed by atoms with Gasteiger partial charge < -0.3 is 9.64 Å². The van der Waals surface area contributed by atoms with Gasteiger partial charge in [-0.2, -0.15) is 25.2 Å². The highest BCUT2D eigenvalue weighted by Gasteiger charge is 2.16. The van der Waals surface area contributed by atoms with Gasteiger partial charge in [0.25, 0.3) is 11.4 Å². The lowest BCUT2D eigenvalue weighted by Crippen LogP contribution is -2.37. The van der Waals surface area contributed by atoms with Crippen molar-refractivity contribution in [2.75, 3.05) is 42.1 Å². The van der Waals surface area contributed by atoms with Crippen molar-refractivity contribution in [3.8, 4) is 0 Å². The molecule has 1 saturated heterocycles. The number of hydrogen-bond acceptors (Lipinski definition) is 13. The first-order valence-corrected chi connectivity index (χ1v) is 10.6. The highest BCUT2D eigenvalue weighted by Crippen LogP contribution is 2.16. The maximum Gasteiger partial charge on any atom is 0.270 e. The molecule has 4 rings (SSSR count). The molecule has 2 N–H and O–H groups in total. The number of aromatic nitrogens is 3. The van der Waals surface area contributed by atoms with Crippen molar-refractivity contribution in [1.82, 2.24) is 15.0 Å². The van der Waals surface area contributed by atoms with Crippen LogP contribution in [-0.2, 0) is 4.74 Å². The summed E-state index contributed by atoms with van der Waals surface area (Å²) in [6.07, 6.45) is 2.80. The predicted molar refractivity (Wildman–Crippen MR) is 131 cm³/mol. The second kappa shape index (κ2) is 11.4. The van der Waals surface area contributed by atoms with Crippen LogP contribution in [0.3, 0.4) is 0 Å².